The predicted molar refractivity (Wildman–Crippen MR) is 73.4 cm³/mol. The van der Waals surface area contributed by atoms with Crippen molar-refractivity contribution in [2.75, 3.05) is 18.5 Å². The Hall–Kier alpha value is -1.40. The van der Waals surface area contributed by atoms with Gasteiger partial charge in [0.15, 0.2) is 5.82 Å². The Labute approximate surface area is 117 Å². The first-order valence-corrected chi connectivity index (χ1v) is 7.34. The van der Waals surface area contributed by atoms with Crippen molar-refractivity contribution in [2.24, 2.45) is 0 Å². The third-order valence-electron chi connectivity index (χ3n) is 4.35. The van der Waals surface area contributed by atoms with Crippen molar-refractivity contribution in [3.8, 4) is 0 Å². The Morgan fingerprint density at radius 1 is 1.40 bits per heavy atom. The fourth-order valence-electron chi connectivity index (χ4n) is 3.04. The van der Waals surface area contributed by atoms with Crippen LogP contribution in [0.3, 0.4) is 0 Å². The molecule has 2 heterocycles. The SMILES string of the molecule is O=C(Nc1cc(C2CCOCC2)[nH]n1)C1(O)CCCC1. The van der Waals surface area contributed by atoms with E-state index in [4.69, 9.17) is 4.74 Å². The maximum absolute atomic E-state index is 12.1. The van der Waals surface area contributed by atoms with Gasteiger partial charge in [-0.15, -0.1) is 0 Å². The third-order valence-corrected chi connectivity index (χ3v) is 4.35. The van der Waals surface area contributed by atoms with Crippen molar-refractivity contribution in [3.05, 3.63) is 11.8 Å². The van der Waals surface area contributed by atoms with Crippen molar-refractivity contribution in [3.63, 3.8) is 0 Å². The third kappa shape index (κ3) is 2.71. The van der Waals surface area contributed by atoms with Crippen molar-refractivity contribution in [2.45, 2.75) is 50.0 Å². The molecule has 3 N–H and O–H groups in total. The maximum Gasteiger partial charge on any atom is 0.257 e. The van der Waals surface area contributed by atoms with E-state index in [0.29, 0.717) is 24.6 Å². The molecule has 6 heteroatoms. The summed E-state index contributed by atoms with van der Waals surface area (Å²) in [5, 5.41) is 20.0. The Balaban J connectivity index is 1.63. The molecule has 1 saturated heterocycles. The topological polar surface area (TPSA) is 87.2 Å². The number of carbonyl (C=O) groups is 1. The van der Waals surface area contributed by atoms with E-state index in [1.807, 2.05) is 6.07 Å². The standard InChI is InChI=1S/C14H21N3O3/c18-13(14(19)5-1-2-6-14)15-12-9-11(16-17-12)10-3-7-20-8-4-10/h9-10,19H,1-8H2,(H2,15,16,17,18). The highest BCUT2D eigenvalue weighted by molar-refractivity contribution is 5.96. The van der Waals surface area contributed by atoms with Crippen LogP contribution < -0.4 is 5.32 Å². The number of rotatable bonds is 3. The predicted octanol–water partition coefficient (Wildman–Crippen LogP) is 1.55. The summed E-state index contributed by atoms with van der Waals surface area (Å²) in [7, 11) is 0. The molecule has 0 atom stereocenters. The van der Waals surface area contributed by atoms with Gasteiger partial charge in [0.05, 0.1) is 0 Å². The van der Waals surface area contributed by atoms with E-state index in [9.17, 15) is 9.90 Å². The van der Waals surface area contributed by atoms with Crippen LogP contribution in [0.2, 0.25) is 0 Å². The summed E-state index contributed by atoms with van der Waals surface area (Å²) < 4.78 is 5.34. The lowest BCUT2D eigenvalue weighted by molar-refractivity contribution is -0.133. The molecule has 0 radical (unpaired) electrons. The Bertz CT molecular complexity index is 474. The molecule has 1 aromatic heterocycles. The number of ether oxygens (including phenoxy) is 1. The molecule has 0 unspecified atom stereocenters. The molecule has 0 bridgehead atoms. The van der Waals surface area contributed by atoms with E-state index in [2.05, 4.69) is 15.5 Å². The van der Waals surface area contributed by atoms with Gasteiger partial charge in [-0.05, 0) is 38.5 Å². The fraction of sp³-hybridized carbons (Fsp3) is 0.714. The zero-order valence-electron chi connectivity index (χ0n) is 11.5. The molecule has 1 saturated carbocycles. The van der Waals surface area contributed by atoms with Gasteiger partial charge in [0.1, 0.15) is 5.60 Å². The zero-order chi connectivity index (χ0) is 14.0. The van der Waals surface area contributed by atoms with E-state index in [1.54, 1.807) is 0 Å². The average molecular weight is 279 g/mol. The number of carbonyl (C=O) groups excluding carboxylic acids is 1. The first kappa shape index (κ1) is 13.6. The van der Waals surface area contributed by atoms with Gasteiger partial charge in [-0.1, -0.05) is 0 Å². The van der Waals surface area contributed by atoms with E-state index in [-0.39, 0.29) is 5.91 Å². The number of nitrogens with one attached hydrogen (secondary N) is 2. The highest BCUT2D eigenvalue weighted by Gasteiger charge is 2.39. The largest absolute Gasteiger partial charge is 0.381 e. The monoisotopic (exact) mass is 279 g/mol. The van der Waals surface area contributed by atoms with Crippen LogP contribution in [-0.4, -0.2) is 40.0 Å². The molecule has 2 aliphatic rings. The van der Waals surface area contributed by atoms with E-state index >= 15 is 0 Å². The van der Waals surface area contributed by atoms with E-state index in [1.165, 1.54) is 0 Å². The lowest BCUT2D eigenvalue weighted by Gasteiger charge is -2.20. The van der Waals surface area contributed by atoms with E-state index < -0.39 is 5.60 Å². The van der Waals surface area contributed by atoms with Gasteiger partial charge < -0.3 is 15.2 Å². The van der Waals surface area contributed by atoms with Crippen molar-refractivity contribution >= 4 is 11.7 Å². The van der Waals surface area contributed by atoms with Crippen molar-refractivity contribution < 1.29 is 14.6 Å². The van der Waals surface area contributed by atoms with Gasteiger partial charge in [0.2, 0.25) is 0 Å². The molecule has 1 aromatic rings. The summed E-state index contributed by atoms with van der Waals surface area (Å²) in [6.07, 6.45) is 4.82. The smallest absolute Gasteiger partial charge is 0.257 e. The number of hydrogen-bond donors (Lipinski definition) is 3. The molecule has 110 valence electrons. The number of aliphatic hydroxyl groups is 1. The van der Waals surface area contributed by atoms with Crippen LogP contribution in [0.25, 0.3) is 0 Å². The van der Waals surface area contributed by atoms with Crippen LogP contribution in [-0.2, 0) is 9.53 Å². The van der Waals surface area contributed by atoms with Crippen LogP contribution in [0.4, 0.5) is 5.82 Å². The van der Waals surface area contributed by atoms with Gasteiger partial charge in [-0.3, -0.25) is 9.89 Å². The molecule has 1 aliphatic heterocycles. The quantitative estimate of drug-likeness (QED) is 0.783. The van der Waals surface area contributed by atoms with E-state index in [0.717, 1.165) is 44.6 Å². The first-order chi connectivity index (χ1) is 9.67. The molecule has 6 nitrogen and oxygen atoms in total. The second-order valence-corrected chi connectivity index (χ2v) is 5.79. The minimum Gasteiger partial charge on any atom is -0.381 e. The lowest BCUT2D eigenvalue weighted by Crippen LogP contribution is -2.40. The van der Waals surface area contributed by atoms with Crippen LogP contribution in [0.1, 0.15) is 50.1 Å². The minimum absolute atomic E-state index is 0.333. The second-order valence-electron chi connectivity index (χ2n) is 5.79. The van der Waals surface area contributed by atoms with Gasteiger partial charge in [-0.2, -0.15) is 5.10 Å². The minimum atomic E-state index is -1.21. The number of nitrogens with zero attached hydrogens (tertiary/aromatic N) is 1. The molecule has 0 aromatic carbocycles. The molecule has 1 aliphatic carbocycles. The van der Waals surface area contributed by atoms with Crippen LogP contribution in [0.5, 0.6) is 0 Å². The molecular formula is C14H21N3O3. The van der Waals surface area contributed by atoms with Gasteiger partial charge in [0, 0.05) is 30.9 Å². The van der Waals surface area contributed by atoms with Gasteiger partial charge in [0.25, 0.3) is 5.91 Å². The summed E-state index contributed by atoms with van der Waals surface area (Å²) >= 11 is 0. The van der Waals surface area contributed by atoms with Crippen LogP contribution in [0.15, 0.2) is 6.07 Å². The number of H-pyrrole nitrogens is 1. The number of anilines is 1. The summed E-state index contributed by atoms with van der Waals surface area (Å²) in [5.74, 6) is 0.577. The molecule has 20 heavy (non-hydrogen) atoms. The molecule has 1 amide bonds. The summed E-state index contributed by atoms with van der Waals surface area (Å²) in [5.41, 5.74) is -0.181. The number of amides is 1. The Kier molecular flexibility index (Phi) is 3.76. The molecule has 0 spiro atoms. The average Bonchev–Trinajstić information content (AvgIpc) is 3.10. The normalized spacial score (nSPS) is 22.9. The highest BCUT2D eigenvalue weighted by atomic mass is 16.5. The maximum atomic E-state index is 12.1. The lowest BCUT2D eigenvalue weighted by atomic mass is 9.97. The molecular weight excluding hydrogens is 258 g/mol. The summed E-state index contributed by atoms with van der Waals surface area (Å²) in [6.45, 7) is 1.54. The highest BCUT2D eigenvalue weighted by Crippen LogP contribution is 2.31. The van der Waals surface area contributed by atoms with Crippen molar-refractivity contribution in [1.29, 1.82) is 0 Å². The van der Waals surface area contributed by atoms with Crippen LogP contribution in [0, 0.1) is 0 Å². The molecule has 2 fully saturated rings. The summed E-state index contributed by atoms with van der Waals surface area (Å²) in [4.78, 5) is 12.1. The fourth-order valence-corrected chi connectivity index (χ4v) is 3.04. The second kappa shape index (κ2) is 5.54. The van der Waals surface area contributed by atoms with Crippen molar-refractivity contribution in [1.82, 2.24) is 10.2 Å². The Morgan fingerprint density at radius 2 is 2.10 bits per heavy atom. The summed E-state index contributed by atoms with van der Waals surface area (Å²) in [6, 6.07) is 1.87. The molecule has 3 rings (SSSR count). The van der Waals surface area contributed by atoms with Gasteiger partial charge >= 0.3 is 0 Å². The van der Waals surface area contributed by atoms with Crippen LogP contribution >= 0.6 is 0 Å². The number of aromatic nitrogens is 2. The first-order valence-electron chi connectivity index (χ1n) is 7.34. The zero-order valence-corrected chi connectivity index (χ0v) is 11.5. The van der Waals surface area contributed by atoms with Gasteiger partial charge in [-0.25, -0.2) is 0 Å². The number of hydrogen-bond acceptors (Lipinski definition) is 4. The number of aromatic amines is 1. The Morgan fingerprint density at radius 3 is 2.80 bits per heavy atom.